The average molecular weight is 277 g/mol. The quantitative estimate of drug-likeness (QED) is 0.653. The number of morpholine rings is 1. The minimum atomic E-state index is 0.129. The van der Waals surface area contributed by atoms with Crippen molar-refractivity contribution in [1.29, 1.82) is 0 Å². The zero-order valence-corrected chi connectivity index (χ0v) is 11.0. The van der Waals surface area contributed by atoms with Crippen LogP contribution < -0.4 is 0 Å². The first-order valence-corrected chi connectivity index (χ1v) is 7.01. The van der Waals surface area contributed by atoms with E-state index in [0.29, 0.717) is 36.4 Å². The molecule has 1 fully saturated rings. The molecule has 0 unspecified atom stereocenters. The lowest BCUT2D eigenvalue weighted by atomic mass is 10.4. The molecule has 1 saturated heterocycles. The number of carbonyl (C=O) groups excluding carboxylic acids is 1. The average Bonchev–Trinajstić information content (AvgIpc) is 2.73. The smallest absolute Gasteiger partial charge is 0.233 e. The van der Waals surface area contributed by atoms with Crippen molar-refractivity contribution in [3.8, 4) is 0 Å². The highest BCUT2D eigenvalue weighted by molar-refractivity contribution is 8.01. The van der Waals surface area contributed by atoms with Crippen LogP contribution in [0.5, 0.6) is 0 Å². The van der Waals surface area contributed by atoms with Gasteiger partial charge in [0.25, 0.3) is 0 Å². The molecule has 1 aromatic heterocycles. The first-order chi connectivity index (χ1) is 7.75. The zero-order valence-electron chi connectivity index (χ0n) is 8.46. The summed E-state index contributed by atoms with van der Waals surface area (Å²) in [6, 6.07) is 0. The Morgan fingerprint density at radius 1 is 1.50 bits per heavy atom. The number of rotatable bonds is 3. The van der Waals surface area contributed by atoms with Crippen molar-refractivity contribution in [3.05, 3.63) is 0 Å². The Morgan fingerprint density at radius 3 is 2.88 bits per heavy atom. The van der Waals surface area contributed by atoms with Gasteiger partial charge in [0.15, 0.2) is 8.68 Å². The third-order valence-corrected chi connectivity index (χ3v) is 4.29. The van der Waals surface area contributed by atoms with Gasteiger partial charge in [-0.05, 0) is 0 Å². The molecule has 2 rings (SSSR count). The molecular weight excluding hydrogens is 266 g/mol. The van der Waals surface area contributed by atoms with Crippen molar-refractivity contribution in [3.63, 3.8) is 0 Å². The van der Waals surface area contributed by atoms with Gasteiger partial charge in [0.1, 0.15) is 0 Å². The topological polar surface area (TPSA) is 55.3 Å². The predicted molar refractivity (Wildman–Crippen MR) is 65.3 cm³/mol. The minimum absolute atomic E-state index is 0.129. The Kier molecular flexibility index (Phi) is 4.45. The third-order valence-electron chi connectivity index (χ3n) is 2.08. The van der Waals surface area contributed by atoms with Crippen LogP contribution in [0.2, 0.25) is 0 Å². The molecule has 0 atom stereocenters. The van der Waals surface area contributed by atoms with Crippen LogP contribution >= 0.6 is 35.7 Å². The summed E-state index contributed by atoms with van der Waals surface area (Å²) in [6.07, 6.45) is 0. The Labute approximate surface area is 107 Å². The van der Waals surface area contributed by atoms with E-state index < -0.39 is 0 Å². The van der Waals surface area contributed by atoms with Crippen molar-refractivity contribution in [2.45, 2.75) is 8.68 Å². The van der Waals surface area contributed by atoms with Crippen LogP contribution in [-0.2, 0) is 9.53 Å². The van der Waals surface area contributed by atoms with Gasteiger partial charge in [-0.25, -0.2) is 0 Å². The van der Waals surface area contributed by atoms with Gasteiger partial charge >= 0.3 is 0 Å². The molecule has 0 spiro atoms. The van der Waals surface area contributed by atoms with E-state index >= 15 is 0 Å². The first kappa shape index (κ1) is 12.2. The van der Waals surface area contributed by atoms with E-state index in [2.05, 4.69) is 22.8 Å². The highest BCUT2D eigenvalue weighted by Gasteiger charge is 2.17. The van der Waals surface area contributed by atoms with Crippen LogP contribution in [0.4, 0.5) is 0 Å². The lowest BCUT2D eigenvalue weighted by molar-refractivity contribution is -0.132. The highest BCUT2D eigenvalue weighted by Crippen LogP contribution is 2.24. The number of aromatic nitrogens is 2. The molecule has 16 heavy (non-hydrogen) atoms. The number of thiol groups is 1. The summed E-state index contributed by atoms with van der Waals surface area (Å²) in [4.78, 5) is 13.6. The van der Waals surface area contributed by atoms with E-state index in [1.165, 1.54) is 23.1 Å². The Hall–Kier alpha value is -0.310. The van der Waals surface area contributed by atoms with Gasteiger partial charge in [-0.15, -0.1) is 22.8 Å². The summed E-state index contributed by atoms with van der Waals surface area (Å²) in [5, 5.41) is 7.67. The molecule has 0 aliphatic carbocycles. The first-order valence-electron chi connectivity index (χ1n) is 4.76. The van der Waals surface area contributed by atoms with E-state index in [0.717, 1.165) is 4.34 Å². The van der Waals surface area contributed by atoms with E-state index in [4.69, 9.17) is 4.74 Å². The van der Waals surface area contributed by atoms with Crippen molar-refractivity contribution in [2.24, 2.45) is 0 Å². The molecule has 5 nitrogen and oxygen atoms in total. The molecule has 0 saturated carbocycles. The molecule has 1 amide bonds. The second kappa shape index (κ2) is 5.85. The number of thioether (sulfide) groups is 1. The van der Waals surface area contributed by atoms with Gasteiger partial charge in [0, 0.05) is 13.1 Å². The Balaban J connectivity index is 1.78. The molecule has 1 aliphatic heterocycles. The molecule has 0 N–H and O–H groups in total. The molecule has 0 radical (unpaired) electrons. The SMILES string of the molecule is O=C(CSc1nnc(S)s1)N1CCOCC1. The van der Waals surface area contributed by atoms with Crippen molar-refractivity contribution in [2.75, 3.05) is 32.1 Å². The summed E-state index contributed by atoms with van der Waals surface area (Å²) in [5.41, 5.74) is 0. The lowest BCUT2D eigenvalue weighted by Gasteiger charge is -2.26. The van der Waals surface area contributed by atoms with E-state index in [9.17, 15) is 4.79 Å². The predicted octanol–water partition coefficient (Wildman–Crippen LogP) is 0.778. The lowest BCUT2D eigenvalue weighted by Crippen LogP contribution is -2.41. The van der Waals surface area contributed by atoms with Gasteiger partial charge in [-0.3, -0.25) is 4.79 Å². The van der Waals surface area contributed by atoms with Crippen molar-refractivity contribution >= 4 is 41.6 Å². The van der Waals surface area contributed by atoms with Crippen molar-refractivity contribution in [1.82, 2.24) is 15.1 Å². The molecular formula is C8H11N3O2S3. The molecule has 1 aliphatic rings. The van der Waals surface area contributed by atoms with Gasteiger partial charge < -0.3 is 9.64 Å². The maximum Gasteiger partial charge on any atom is 0.233 e. The largest absolute Gasteiger partial charge is 0.378 e. The van der Waals surface area contributed by atoms with Crippen LogP contribution in [0, 0.1) is 0 Å². The molecule has 8 heteroatoms. The summed E-state index contributed by atoms with van der Waals surface area (Å²) in [6.45, 7) is 2.65. The number of nitrogens with zero attached hydrogens (tertiary/aromatic N) is 3. The van der Waals surface area contributed by atoms with Crippen molar-refractivity contribution < 1.29 is 9.53 Å². The maximum absolute atomic E-state index is 11.8. The number of amides is 1. The van der Waals surface area contributed by atoms with Gasteiger partial charge in [-0.1, -0.05) is 23.1 Å². The molecule has 0 aromatic carbocycles. The number of hydrogen-bond acceptors (Lipinski definition) is 7. The van der Waals surface area contributed by atoms with E-state index in [1.54, 1.807) is 0 Å². The fourth-order valence-electron chi connectivity index (χ4n) is 1.29. The fraction of sp³-hybridized carbons (Fsp3) is 0.625. The van der Waals surface area contributed by atoms with Gasteiger partial charge in [0.2, 0.25) is 5.91 Å². The zero-order chi connectivity index (χ0) is 11.4. The minimum Gasteiger partial charge on any atom is -0.378 e. The number of hydrogen-bond donors (Lipinski definition) is 1. The van der Waals surface area contributed by atoms with Crippen LogP contribution in [0.1, 0.15) is 0 Å². The van der Waals surface area contributed by atoms with Crippen LogP contribution in [-0.4, -0.2) is 53.1 Å². The van der Waals surface area contributed by atoms with E-state index in [1.807, 2.05) is 4.90 Å². The number of ether oxygens (including phenoxy) is 1. The summed E-state index contributed by atoms with van der Waals surface area (Å²) >= 11 is 6.86. The summed E-state index contributed by atoms with van der Waals surface area (Å²) in [7, 11) is 0. The summed E-state index contributed by atoms with van der Waals surface area (Å²) < 4.78 is 6.60. The molecule has 0 bridgehead atoms. The summed E-state index contributed by atoms with van der Waals surface area (Å²) in [5.74, 6) is 0.534. The normalized spacial score (nSPS) is 16.4. The molecule has 2 heterocycles. The number of carbonyl (C=O) groups is 1. The molecule has 1 aromatic rings. The molecule has 88 valence electrons. The third kappa shape index (κ3) is 3.34. The van der Waals surface area contributed by atoms with Crippen LogP contribution in [0.15, 0.2) is 8.68 Å². The second-order valence-electron chi connectivity index (χ2n) is 3.13. The van der Waals surface area contributed by atoms with Crippen LogP contribution in [0.25, 0.3) is 0 Å². The fourth-order valence-corrected chi connectivity index (χ4v) is 3.27. The van der Waals surface area contributed by atoms with Gasteiger partial charge in [0.05, 0.1) is 19.0 Å². The Bertz CT molecular complexity index is 365. The standard InChI is InChI=1S/C8H11N3O2S3/c12-6(11-1-3-13-4-2-11)5-15-8-10-9-7(14)16-8/h1-5H2,(H,9,14). The highest BCUT2D eigenvalue weighted by atomic mass is 32.2. The van der Waals surface area contributed by atoms with E-state index in [-0.39, 0.29) is 5.91 Å². The second-order valence-corrected chi connectivity index (χ2v) is 6.06. The monoisotopic (exact) mass is 277 g/mol. The maximum atomic E-state index is 11.8. The Morgan fingerprint density at radius 2 is 2.25 bits per heavy atom. The van der Waals surface area contributed by atoms with Crippen LogP contribution in [0.3, 0.4) is 0 Å². The van der Waals surface area contributed by atoms with Gasteiger partial charge in [-0.2, -0.15) is 0 Å².